The van der Waals surface area contributed by atoms with Crippen molar-refractivity contribution in [1.82, 2.24) is 0 Å². The molecule has 0 aliphatic rings. The minimum Gasteiger partial charge on any atom is -0.384 e. The normalized spacial score (nSPS) is 11.6. The molecule has 0 bridgehead atoms. The molecule has 0 aliphatic heterocycles. The molecule has 0 atom stereocenters. The Balaban J connectivity index is 3.05. The van der Waals surface area contributed by atoms with Crippen molar-refractivity contribution in [3.8, 4) is 11.8 Å². The third-order valence-electron chi connectivity index (χ3n) is 2.18. The van der Waals surface area contributed by atoms with Crippen molar-refractivity contribution in [2.24, 2.45) is 0 Å². The zero-order valence-corrected chi connectivity index (χ0v) is 12.7. The summed E-state index contributed by atoms with van der Waals surface area (Å²) in [4.78, 5) is 0. The second kappa shape index (κ2) is 6.26. The van der Waals surface area contributed by atoms with E-state index in [0.717, 1.165) is 11.8 Å². The number of aliphatic hydroxyl groups is 1. The Hall–Kier alpha value is -1.56. The van der Waals surface area contributed by atoms with Crippen molar-refractivity contribution in [2.75, 3.05) is 22.7 Å². The van der Waals surface area contributed by atoms with E-state index >= 15 is 0 Å². The van der Waals surface area contributed by atoms with E-state index in [1.807, 2.05) is 0 Å². The van der Waals surface area contributed by atoms with Gasteiger partial charge in [0.25, 0.3) is 0 Å². The minimum atomic E-state index is -3.98. The van der Waals surface area contributed by atoms with Gasteiger partial charge in [-0.2, -0.15) is 0 Å². The van der Waals surface area contributed by atoms with Crippen LogP contribution in [0.1, 0.15) is 11.1 Å². The van der Waals surface area contributed by atoms with Gasteiger partial charge in [-0.3, -0.25) is 4.72 Å². The van der Waals surface area contributed by atoms with Gasteiger partial charge in [0.05, 0.1) is 0 Å². The van der Waals surface area contributed by atoms with Crippen LogP contribution in [-0.2, 0) is 19.9 Å². The van der Waals surface area contributed by atoms with Crippen LogP contribution in [0.5, 0.6) is 0 Å². The van der Waals surface area contributed by atoms with Crippen molar-refractivity contribution < 1.29 is 21.9 Å². The molecule has 1 rings (SSSR count). The highest BCUT2D eigenvalue weighted by molar-refractivity contribution is 8.08. The van der Waals surface area contributed by atoms with Gasteiger partial charge in [-0.25, -0.2) is 16.8 Å². The van der Waals surface area contributed by atoms with Crippen molar-refractivity contribution in [3.05, 3.63) is 29.3 Å². The van der Waals surface area contributed by atoms with Gasteiger partial charge in [-0.1, -0.05) is 17.9 Å². The van der Waals surface area contributed by atoms with Crippen molar-refractivity contribution >= 4 is 25.5 Å². The van der Waals surface area contributed by atoms with Gasteiger partial charge in [-0.15, -0.1) is 0 Å². The fourth-order valence-corrected chi connectivity index (χ4v) is 4.42. The molecule has 0 aromatic heterocycles. The highest BCUT2D eigenvalue weighted by atomic mass is 32.3. The Kier molecular flexibility index (Phi) is 5.16. The Labute approximate surface area is 118 Å². The lowest BCUT2D eigenvalue weighted by atomic mass is 10.1. The van der Waals surface area contributed by atoms with Crippen molar-refractivity contribution in [2.45, 2.75) is 6.92 Å². The van der Waals surface area contributed by atoms with Gasteiger partial charge in [-0.05, 0) is 24.6 Å². The number of benzene rings is 1. The highest BCUT2D eigenvalue weighted by Gasteiger charge is 2.18. The molecule has 110 valence electrons. The van der Waals surface area contributed by atoms with Gasteiger partial charge < -0.3 is 5.11 Å². The Morgan fingerprint density at radius 2 is 1.90 bits per heavy atom. The van der Waals surface area contributed by atoms with Crippen LogP contribution >= 0.6 is 0 Å². The van der Waals surface area contributed by atoms with E-state index in [1.165, 1.54) is 12.1 Å². The molecule has 0 amide bonds. The van der Waals surface area contributed by atoms with Gasteiger partial charge >= 0.3 is 0 Å². The van der Waals surface area contributed by atoms with E-state index in [0.29, 0.717) is 5.56 Å². The summed E-state index contributed by atoms with van der Waals surface area (Å²) in [7, 11) is -7.62. The molecule has 0 unspecified atom stereocenters. The predicted molar refractivity (Wildman–Crippen MR) is 77.4 cm³/mol. The van der Waals surface area contributed by atoms with E-state index in [2.05, 4.69) is 16.6 Å². The molecule has 0 spiro atoms. The van der Waals surface area contributed by atoms with Crippen LogP contribution in [0.4, 0.5) is 5.69 Å². The quantitative estimate of drug-likeness (QED) is 0.766. The van der Waals surface area contributed by atoms with Crippen LogP contribution < -0.4 is 4.72 Å². The monoisotopic (exact) mass is 317 g/mol. The maximum absolute atomic E-state index is 11.7. The lowest BCUT2D eigenvalue weighted by Crippen LogP contribution is -2.22. The number of sulfone groups is 1. The highest BCUT2D eigenvalue weighted by Crippen LogP contribution is 2.16. The van der Waals surface area contributed by atoms with Crippen LogP contribution in [0.2, 0.25) is 0 Å². The van der Waals surface area contributed by atoms with Crippen LogP contribution in [0.15, 0.2) is 18.2 Å². The molecule has 0 aliphatic carbocycles. The summed E-state index contributed by atoms with van der Waals surface area (Å²) in [5, 5.41) is 7.67. The summed E-state index contributed by atoms with van der Waals surface area (Å²) in [6.45, 7) is 1.49. The molecule has 0 heterocycles. The first-order chi connectivity index (χ1) is 9.13. The molecule has 0 saturated heterocycles. The molecule has 1 aromatic rings. The van der Waals surface area contributed by atoms with Crippen LogP contribution in [0.3, 0.4) is 0 Å². The summed E-state index contributed by atoms with van der Waals surface area (Å²) >= 11 is 0. The maximum Gasteiger partial charge on any atom is 0.247 e. The zero-order chi connectivity index (χ0) is 15.4. The summed E-state index contributed by atoms with van der Waals surface area (Å²) in [5.41, 5.74) is 1.59. The molecular weight excluding hydrogens is 302 g/mol. The molecule has 2 N–H and O–H groups in total. The second-order valence-electron chi connectivity index (χ2n) is 4.25. The van der Waals surface area contributed by atoms with E-state index < -0.39 is 24.9 Å². The largest absolute Gasteiger partial charge is 0.384 e. The molecule has 0 saturated carbocycles. The zero-order valence-electron chi connectivity index (χ0n) is 11.0. The average molecular weight is 317 g/mol. The van der Waals surface area contributed by atoms with Crippen molar-refractivity contribution in [1.29, 1.82) is 0 Å². The first kappa shape index (κ1) is 16.5. The minimum absolute atomic E-state index is 0.224. The number of sulfonamides is 1. The van der Waals surface area contributed by atoms with E-state index in [-0.39, 0.29) is 12.3 Å². The Morgan fingerprint density at radius 1 is 1.25 bits per heavy atom. The second-order valence-corrected chi connectivity index (χ2v) is 8.48. The maximum atomic E-state index is 11.7. The molecule has 0 radical (unpaired) electrons. The van der Waals surface area contributed by atoms with E-state index in [1.54, 1.807) is 13.0 Å². The summed E-state index contributed by atoms with van der Waals surface area (Å²) < 4.78 is 47.6. The van der Waals surface area contributed by atoms with Gasteiger partial charge in [0.2, 0.25) is 10.0 Å². The number of aliphatic hydroxyl groups excluding tert-OH is 1. The predicted octanol–water partition coefficient (Wildman–Crippen LogP) is 0.0826. The third-order valence-corrected chi connectivity index (χ3v) is 5.68. The fraction of sp³-hybridized carbons (Fsp3) is 0.333. The third kappa shape index (κ3) is 5.61. The van der Waals surface area contributed by atoms with Crippen LogP contribution in [-0.4, -0.2) is 39.9 Å². The number of anilines is 1. The summed E-state index contributed by atoms with van der Waals surface area (Å²) in [5.74, 6) is 5.15. The standard InChI is InChI=1S/C12H15NO5S2/c1-10-5-6-12(8-11(10)4-3-7-14)13-20(17,18)9-19(2,15)16/h5-6,8,13-14H,7,9H2,1-2H3. The first-order valence-corrected chi connectivity index (χ1v) is 9.23. The number of rotatable bonds is 4. The first-order valence-electron chi connectivity index (χ1n) is 5.51. The van der Waals surface area contributed by atoms with Gasteiger partial charge in [0.15, 0.2) is 14.9 Å². The smallest absolute Gasteiger partial charge is 0.247 e. The number of hydrogen-bond acceptors (Lipinski definition) is 5. The molecular formula is C12H15NO5S2. The number of nitrogens with one attached hydrogen (secondary N) is 1. The number of hydrogen-bond donors (Lipinski definition) is 2. The molecule has 0 fully saturated rings. The lowest BCUT2D eigenvalue weighted by molar-refractivity contribution is 0.350. The molecule has 1 aromatic carbocycles. The van der Waals surface area contributed by atoms with Crippen molar-refractivity contribution in [3.63, 3.8) is 0 Å². The summed E-state index contributed by atoms with van der Waals surface area (Å²) in [6, 6.07) is 4.65. The molecule has 6 nitrogen and oxygen atoms in total. The van der Waals surface area contributed by atoms with Crippen LogP contribution in [0, 0.1) is 18.8 Å². The molecule has 20 heavy (non-hydrogen) atoms. The van der Waals surface area contributed by atoms with Gasteiger partial charge in [0.1, 0.15) is 6.61 Å². The fourth-order valence-electron chi connectivity index (χ4n) is 1.45. The lowest BCUT2D eigenvalue weighted by Gasteiger charge is -2.08. The topological polar surface area (TPSA) is 101 Å². The van der Waals surface area contributed by atoms with Gasteiger partial charge in [0, 0.05) is 17.5 Å². The summed E-state index contributed by atoms with van der Waals surface area (Å²) in [6.07, 6.45) is 0.847. The van der Waals surface area contributed by atoms with E-state index in [9.17, 15) is 16.8 Å². The molecule has 8 heteroatoms. The van der Waals surface area contributed by atoms with E-state index in [4.69, 9.17) is 5.11 Å². The Morgan fingerprint density at radius 3 is 2.45 bits per heavy atom. The SMILES string of the molecule is Cc1ccc(NS(=O)(=O)CS(C)(=O)=O)cc1C#CCO. The van der Waals surface area contributed by atoms with Crippen LogP contribution in [0.25, 0.3) is 0 Å². The Bertz CT molecular complexity index is 755. The number of aryl methyl sites for hydroxylation is 1. The average Bonchev–Trinajstić information content (AvgIpc) is 2.26.